The first-order chi connectivity index (χ1) is 10.6. The summed E-state index contributed by atoms with van der Waals surface area (Å²) in [6.45, 7) is 2.47. The van der Waals surface area contributed by atoms with Gasteiger partial charge in [-0.15, -0.1) is 0 Å². The van der Waals surface area contributed by atoms with E-state index in [1.165, 1.54) is 0 Å². The Balaban J connectivity index is 1.67. The Morgan fingerprint density at radius 3 is 2.77 bits per heavy atom. The molecule has 116 valence electrons. The number of nitrogens with zero attached hydrogens (tertiary/aromatic N) is 2. The van der Waals surface area contributed by atoms with Gasteiger partial charge in [0.15, 0.2) is 0 Å². The van der Waals surface area contributed by atoms with Crippen LogP contribution in [0, 0.1) is 5.41 Å². The molecule has 22 heavy (non-hydrogen) atoms. The number of benzene rings is 1. The molecule has 0 aliphatic heterocycles. The number of carbonyl (C=O) groups is 1. The maximum atomic E-state index is 12.4. The van der Waals surface area contributed by atoms with Crippen molar-refractivity contribution in [1.82, 2.24) is 15.1 Å². The monoisotopic (exact) mass is 299 g/mol. The number of ether oxygens (including phenoxy) is 1. The Morgan fingerprint density at radius 1 is 1.41 bits per heavy atom. The second-order valence-corrected chi connectivity index (χ2v) is 5.96. The van der Waals surface area contributed by atoms with Crippen LogP contribution in [0.2, 0.25) is 0 Å². The van der Waals surface area contributed by atoms with Crippen LogP contribution in [0.25, 0.3) is 5.69 Å². The lowest BCUT2D eigenvalue weighted by Crippen LogP contribution is -2.36. The van der Waals surface area contributed by atoms with Crippen molar-refractivity contribution < 1.29 is 9.53 Å². The Hall–Kier alpha value is -2.14. The van der Waals surface area contributed by atoms with Crippen LogP contribution in [0.3, 0.4) is 0 Å². The lowest BCUT2D eigenvalue weighted by molar-refractivity contribution is -0.128. The number of hydrogen-bond donors (Lipinski definition) is 1. The van der Waals surface area contributed by atoms with Crippen LogP contribution in [0.4, 0.5) is 0 Å². The van der Waals surface area contributed by atoms with Gasteiger partial charge in [-0.25, -0.2) is 4.68 Å². The number of nitrogens with one attached hydrogen (secondary N) is 1. The molecular formula is C17H21N3O2. The van der Waals surface area contributed by atoms with Crippen LogP contribution in [0.15, 0.2) is 42.7 Å². The quantitative estimate of drug-likeness (QED) is 0.891. The first kappa shape index (κ1) is 14.8. The zero-order valence-corrected chi connectivity index (χ0v) is 13.0. The second kappa shape index (κ2) is 5.93. The Bertz CT molecular complexity index is 647. The minimum atomic E-state index is -0.307. The predicted molar refractivity (Wildman–Crippen MR) is 83.7 cm³/mol. The molecule has 1 aromatic carbocycles. The molecule has 0 radical (unpaired) electrons. The molecule has 0 spiro atoms. The molecule has 1 aliphatic carbocycles. The number of carbonyl (C=O) groups excluding carboxylic acids is 1. The molecule has 0 bridgehead atoms. The summed E-state index contributed by atoms with van der Waals surface area (Å²) in [5, 5.41) is 7.45. The third kappa shape index (κ3) is 2.90. The van der Waals surface area contributed by atoms with E-state index < -0.39 is 0 Å². The predicted octanol–water partition coefficient (Wildman–Crippen LogP) is 2.48. The molecule has 1 unspecified atom stereocenters. The highest BCUT2D eigenvalue weighted by molar-refractivity contribution is 5.85. The van der Waals surface area contributed by atoms with Gasteiger partial charge in [-0.1, -0.05) is 18.2 Å². The summed E-state index contributed by atoms with van der Waals surface area (Å²) in [4.78, 5) is 12.4. The van der Waals surface area contributed by atoms with Gasteiger partial charge in [-0.3, -0.25) is 4.79 Å². The van der Waals surface area contributed by atoms with E-state index in [2.05, 4.69) is 10.4 Å². The summed E-state index contributed by atoms with van der Waals surface area (Å²) >= 11 is 0. The third-order valence-electron chi connectivity index (χ3n) is 4.23. The summed E-state index contributed by atoms with van der Waals surface area (Å²) in [6, 6.07) is 9.85. The van der Waals surface area contributed by atoms with Crippen molar-refractivity contribution in [3.8, 4) is 5.69 Å². The molecule has 0 saturated heterocycles. The molecule has 1 aliphatic rings. The smallest absolute Gasteiger partial charge is 0.229 e. The zero-order valence-electron chi connectivity index (χ0n) is 13.0. The van der Waals surface area contributed by atoms with Gasteiger partial charge < -0.3 is 10.1 Å². The van der Waals surface area contributed by atoms with E-state index in [9.17, 15) is 4.79 Å². The molecule has 1 N–H and O–H groups in total. The SMILES string of the molecule is COCC1(C(=O)NC(C)c2cnn(-c3ccccc3)c2)CC1. The highest BCUT2D eigenvalue weighted by atomic mass is 16.5. The minimum absolute atomic E-state index is 0.0701. The molecular weight excluding hydrogens is 278 g/mol. The van der Waals surface area contributed by atoms with Crippen molar-refractivity contribution >= 4 is 5.91 Å². The number of para-hydroxylation sites is 1. The first-order valence-electron chi connectivity index (χ1n) is 7.54. The molecule has 2 aromatic rings. The summed E-state index contributed by atoms with van der Waals surface area (Å²) < 4.78 is 6.98. The number of aromatic nitrogens is 2. The van der Waals surface area contributed by atoms with Crippen molar-refractivity contribution in [3.63, 3.8) is 0 Å². The fourth-order valence-electron chi connectivity index (χ4n) is 2.58. The molecule has 5 nitrogen and oxygen atoms in total. The van der Waals surface area contributed by atoms with Gasteiger partial charge in [0, 0.05) is 18.9 Å². The van der Waals surface area contributed by atoms with E-state index in [1.54, 1.807) is 13.3 Å². The number of hydrogen-bond acceptors (Lipinski definition) is 3. The van der Waals surface area contributed by atoms with Crippen LogP contribution in [-0.4, -0.2) is 29.4 Å². The van der Waals surface area contributed by atoms with Crippen molar-refractivity contribution in [3.05, 3.63) is 48.3 Å². The van der Waals surface area contributed by atoms with E-state index in [1.807, 2.05) is 48.1 Å². The van der Waals surface area contributed by atoms with Crippen LogP contribution in [-0.2, 0) is 9.53 Å². The van der Waals surface area contributed by atoms with Gasteiger partial charge in [0.2, 0.25) is 5.91 Å². The first-order valence-corrected chi connectivity index (χ1v) is 7.54. The van der Waals surface area contributed by atoms with Crippen LogP contribution < -0.4 is 5.32 Å². The Kier molecular flexibility index (Phi) is 3.98. The highest BCUT2D eigenvalue weighted by Gasteiger charge is 2.50. The fraction of sp³-hybridized carbons (Fsp3) is 0.412. The summed E-state index contributed by atoms with van der Waals surface area (Å²) in [5.74, 6) is 0.0781. The van der Waals surface area contributed by atoms with E-state index in [4.69, 9.17) is 4.74 Å². The highest BCUT2D eigenvalue weighted by Crippen LogP contribution is 2.46. The van der Waals surface area contributed by atoms with Crippen LogP contribution >= 0.6 is 0 Å². The van der Waals surface area contributed by atoms with Crippen molar-refractivity contribution in [1.29, 1.82) is 0 Å². The maximum absolute atomic E-state index is 12.4. The van der Waals surface area contributed by atoms with Gasteiger partial charge >= 0.3 is 0 Å². The van der Waals surface area contributed by atoms with E-state index in [0.29, 0.717) is 6.61 Å². The molecule has 3 rings (SSSR count). The summed E-state index contributed by atoms with van der Waals surface area (Å²) in [5.41, 5.74) is 1.69. The van der Waals surface area contributed by atoms with Crippen LogP contribution in [0.5, 0.6) is 0 Å². The minimum Gasteiger partial charge on any atom is -0.384 e. The lowest BCUT2D eigenvalue weighted by atomic mass is 10.1. The molecule has 5 heteroatoms. The second-order valence-electron chi connectivity index (χ2n) is 5.96. The van der Waals surface area contributed by atoms with Crippen molar-refractivity contribution in [2.24, 2.45) is 5.41 Å². The molecule has 1 heterocycles. The molecule has 1 aromatic heterocycles. The molecule has 1 amide bonds. The van der Waals surface area contributed by atoms with Gasteiger partial charge in [-0.2, -0.15) is 5.10 Å². The maximum Gasteiger partial charge on any atom is 0.229 e. The normalized spacial score (nSPS) is 17.0. The topological polar surface area (TPSA) is 56.1 Å². The number of methoxy groups -OCH3 is 1. The van der Waals surface area contributed by atoms with Gasteiger partial charge in [0.25, 0.3) is 0 Å². The van der Waals surface area contributed by atoms with E-state index >= 15 is 0 Å². The molecule has 1 atom stereocenters. The summed E-state index contributed by atoms with van der Waals surface area (Å²) in [6.07, 6.45) is 5.56. The third-order valence-corrected chi connectivity index (χ3v) is 4.23. The summed E-state index contributed by atoms with van der Waals surface area (Å²) in [7, 11) is 1.64. The zero-order chi connectivity index (χ0) is 15.6. The molecule has 1 fully saturated rings. The van der Waals surface area contributed by atoms with E-state index in [-0.39, 0.29) is 17.4 Å². The molecule has 1 saturated carbocycles. The van der Waals surface area contributed by atoms with E-state index in [0.717, 1.165) is 24.1 Å². The number of amides is 1. The Labute approximate surface area is 130 Å². The van der Waals surface area contributed by atoms with Gasteiger partial charge in [-0.05, 0) is 31.9 Å². The Morgan fingerprint density at radius 2 is 2.14 bits per heavy atom. The van der Waals surface area contributed by atoms with Gasteiger partial charge in [0.05, 0.1) is 29.9 Å². The lowest BCUT2D eigenvalue weighted by Gasteiger charge is -2.18. The standard InChI is InChI=1S/C17H21N3O2/c1-13(19-16(21)17(8-9-17)12-22-2)14-10-18-20(11-14)15-6-4-3-5-7-15/h3-7,10-11,13H,8-9,12H2,1-2H3,(H,19,21). The van der Waals surface area contributed by atoms with Crippen molar-refractivity contribution in [2.75, 3.05) is 13.7 Å². The fourth-order valence-corrected chi connectivity index (χ4v) is 2.58. The largest absolute Gasteiger partial charge is 0.384 e. The van der Waals surface area contributed by atoms with Crippen molar-refractivity contribution in [2.45, 2.75) is 25.8 Å². The average Bonchev–Trinajstić information content (AvgIpc) is 3.15. The van der Waals surface area contributed by atoms with Gasteiger partial charge in [0.1, 0.15) is 0 Å². The van der Waals surface area contributed by atoms with Crippen LogP contribution in [0.1, 0.15) is 31.4 Å². The average molecular weight is 299 g/mol. The number of rotatable bonds is 6.